The number of nitrogens with two attached hydrogens (primary N) is 1. The summed E-state index contributed by atoms with van der Waals surface area (Å²) in [5, 5.41) is 0. The summed E-state index contributed by atoms with van der Waals surface area (Å²) < 4.78 is 2.94. The first kappa shape index (κ1) is 12.5. The highest BCUT2D eigenvalue weighted by Crippen LogP contribution is 2.42. The van der Waals surface area contributed by atoms with Crippen LogP contribution in [0.15, 0.2) is 19.5 Å². The first-order valence-electron chi connectivity index (χ1n) is 4.18. The second kappa shape index (κ2) is 4.14. The average molecular weight is 386 g/mol. The molecule has 2 N–H and O–H groups in total. The third kappa shape index (κ3) is 2.34. The number of hydrogen-bond acceptors (Lipinski definition) is 1. The summed E-state index contributed by atoms with van der Waals surface area (Å²) in [6, 6.07) is 1.99. The van der Waals surface area contributed by atoms with Crippen molar-refractivity contribution < 1.29 is 0 Å². The molecule has 0 saturated carbocycles. The minimum Gasteiger partial charge on any atom is -0.397 e. The zero-order valence-corrected chi connectivity index (χ0v) is 13.0. The van der Waals surface area contributed by atoms with E-state index in [1.54, 1.807) is 0 Å². The zero-order chi connectivity index (χ0) is 11.1. The van der Waals surface area contributed by atoms with Gasteiger partial charge in [0.25, 0.3) is 0 Å². The molecule has 0 amide bonds. The number of benzene rings is 1. The van der Waals surface area contributed by atoms with E-state index in [0.717, 1.165) is 19.1 Å². The van der Waals surface area contributed by atoms with Crippen molar-refractivity contribution in [3.8, 4) is 0 Å². The molecular formula is C10H12Br3N. The fourth-order valence-corrected chi connectivity index (χ4v) is 4.60. The number of rotatable bonds is 0. The highest BCUT2D eigenvalue weighted by molar-refractivity contribution is 9.11. The first-order valence-corrected chi connectivity index (χ1v) is 6.56. The lowest BCUT2D eigenvalue weighted by Gasteiger charge is -2.24. The van der Waals surface area contributed by atoms with Crippen molar-refractivity contribution in [1.29, 1.82) is 0 Å². The Hall–Kier alpha value is 0.460. The maximum Gasteiger partial charge on any atom is 0.0606 e. The number of hydrogen-bond donors (Lipinski definition) is 1. The van der Waals surface area contributed by atoms with Crippen LogP contribution in [0.25, 0.3) is 0 Å². The molecule has 0 atom stereocenters. The Morgan fingerprint density at radius 1 is 1.07 bits per heavy atom. The average Bonchev–Trinajstić information content (AvgIpc) is 1.97. The Morgan fingerprint density at radius 3 is 2.00 bits per heavy atom. The van der Waals surface area contributed by atoms with Crippen molar-refractivity contribution in [1.82, 2.24) is 0 Å². The van der Waals surface area contributed by atoms with Crippen LogP contribution in [0, 0.1) is 0 Å². The maximum absolute atomic E-state index is 5.93. The fourth-order valence-electron chi connectivity index (χ4n) is 1.29. The Bertz CT molecular complexity index is 367. The van der Waals surface area contributed by atoms with Gasteiger partial charge in [0, 0.05) is 13.4 Å². The van der Waals surface area contributed by atoms with E-state index in [1.807, 2.05) is 6.07 Å². The van der Waals surface area contributed by atoms with Crippen molar-refractivity contribution in [2.24, 2.45) is 0 Å². The van der Waals surface area contributed by atoms with Gasteiger partial charge in [-0.1, -0.05) is 36.7 Å². The molecule has 0 radical (unpaired) electrons. The van der Waals surface area contributed by atoms with E-state index in [-0.39, 0.29) is 5.41 Å². The summed E-state index contributed by atoms with van der Waals surface area (Å²) in [7, 11) is 0. The number of anilines is 1. The van der Waals surface area contributed by atoms with Gasteiger partial charge in [0.05, 0.1) is 5.69 Å². The molecule has 1 aromatic rings. The van der Waals surface area contributed by atoms with Crippen LogP contribution in [0.4, 0.5) is 5.69 Å². The first-order chi connectivity index (χ1) is 6.25. The summed E-state index contributed by atoms with van der Waals surface area (Å²) >= 11 is 10.5. The summed E-state index contributed by atoms with van der Waals surface area (Å²) in [5.41, 5.74) is 7.94. The quantitative estimate of drug-likeness (QED) is 0.634. The van der Waals surface area contributed by atoms with Gasteiger partial charge in [0.1, 0.15) is 0 Å². The van der Waals surface area contributed by atoms with E-state index in [9.17, 15) is 0 Å². The molecule has 14 heavy (non-hydrogen) atoms. The van der Waals surface area contributed by atoms with E-state index in [0.29, 0.717) is 0 Å². The molecule has 0 saturated heterocycles. The molecule has 78 valence electrons. The number of nitrogen functional groups attached to an aromatic ring is 1. The molecule has 0 unspecified atom stereocenters. The van der Waals surface area contributed by atoms with Crippen molar-refractivity contribution in [3.63, 3.8) is 0 Å². The predicted molar refractivity (Wildman–Crippen MR) is 72.7 cm³/mol. The highest BCUT2D eigenvalue weighted by atomic mass is 79.9. The van der Waals surface area contributed by atoms with Crippen LogP contribution in [-0.2, 0) is 5.41 Å². The molecule has 0 aliphatic heterocycles. The third-order valence-electron chi connectivity index (χ3n) is 1.96. The van der Waals surface area contributed by atoms with Gasteiger partial charge in [-0.05, 0) is 48.9 Å². The van der Waals surface area contributed by atoms with Crippen LogP contribution >= 0.6 is 47.8 Å². The van der Waals surface area contributed by atoms with Gasteiger partial charge >= 0.3 is 0 Å². The van der Waals surface area contributed by atoms with Gasteiger partial charge in [0.2, 0.25) is 0 Å². The van der Waals surface area contributed by atoms with Gasteiger partial charge in [-0.15, -0.1) is 0 Å². The van der Waals surface area contributed by atoms with Crippen LogP contribution in [0.1, 0.15) is 26.3 Å². The van der Waals surface area contributed by atoms with E-state index in [1.165, 1.54) is 5.56 Å². The van der Waals surface area contributed by atoms with E-state index in [2.05, 4.69) is 68.6 Å². The fraction of sp³-hybridized carbons (Fsp3) is 0.400. The minimum atomic E-state index is 0.0620. The Labute approximate surface area is 110 Å². The normalized spacial score (nSPS) is 11.9. The molecule has 0 fully saturated rings. The smallest absolute Gasteiger partial charge is 0.0606 e. The lowest BCUT2D eigenvalue weighted by molar-refractivity contribution is 0.584. The van der Waals surface area contributed by atoms with Crippen LogP contribution in [0.3, 0.4) is 0 Å². The van der Waals surface area contributed by atoms with Crippen LogP contribution < -0.4 is 5.73 Å². The largest absolute Gasteiger partial charge is 0.397 e. The molecule has 0 spiro atoms. The SMILES string of the molecule is CC(C)(C)c1c(Br)cc(Br)c(N)c1Br. The van der Waals surface area contributed by atoms with Crippen LogP contribution in [0.2, 0.25) is 0 Å². The van der Waals surface area contributed by atoms with Gasteiger partial charge in [-0.25, -0.2) is 0 Å². The summed E-state index contributed by atoms with van der Waals surface area (Å²) in [6.07, 6.45) is 0. The van der Waals surface area contributed by atoms with Crippen molar-refractivity contribution in [2.75, 3.05) is 5.73 Å². The molecule has 1 aromatic carbocycles. The van der Waals surface area contributed by atoms with E-state index < -0.39 is 0 Å². The van der Waals surface area contributed by atoms with E-state index >= 15 is 0 Å². The molecule has 0 heterocycles. The van der Waals surface area contributed by atoms with Crippen molar-refractivity contribution in [2.45, 2.75) is 26.2 Å². The van der Waals surface area contributed by atoms with Gasteiger partial charge in [-0.2, -0.15) is 0 Å². The second-order valence-electron chi connectivity index (χ2n) is 4.19. The highest BCUT2D eigenvalue weighted by Gasteiger charge is 2.22. The number of halogens is 3. The molecular weight excluding hydrogens is 374 g/mol. The van der Waals surface area contributed by atoms with Gasteiger partial charge in [0.15, 0.2) is 0 Å². The van der Waals surface area contributed by atoms with Crippen molar-refractivity contribution >= 4 is 53.5 Å². The minimum absolute atomic E-state index is 0.0620. The topological polar surface area (TPSA) is 26.0 Å². The van der Waals surface area contributed by atoms with Crippen molar-refractivity contribution in [3.05, 3.63) is 25.0 Å². The second-order valence-corrected chi connectivity index (χ2v) is 6.69. The third-order valence-corrected chi connectivity index (χ3v) is 4.06. The molecule has 0 aliphatic carbocycles. The summed E-state index contributed by atoms with van der Waals surface area (Å²) in [6.45, 7) is 6.47. The lowest BCUT2D eigenvalue weighted by atomic mass is 9.87. The standard InChI is InChI=1S/C10H12Br3N/c1-10(2,3)7-5(11)4-6(12)9(14)8(7)13/h4H,14H2,1-3H3. The monoisotopic (exact) mass is 383 g/mol. The summed E-state index contributed by atoms with van der Waals surface area (Å²) in [5.74, 6) is 0. The van der Waals surface area contributed by atoms with Crippen LogP contribution in [0.5, 0.6) is 0 Å². The zero-order valence-electron chi connectivity index (χ0n) is 8.29. The lowest BCUT2D eigenvalue weighted by Crippen LogP contribution is -2.14. The van der Waals surface area contributed by atoms with Gasteiger partial charge in [-0.3, -0.25) is 0 Å². The molecule has 1 nitrogen and oxygen atoms in total. The Morgan fingerprint density at radius 2 is 1.57 bits per heavy atom. The van der Waals surface area contributed by atoms with Gasteiger partial charge < -0.3 is 5.73 Å². The summed E-state index contributed by atoms with van der Waals surface area (Å²) in [4.78, 5) is 0. The molecule has 4 heteroatoms. The van der Waals surface area contributed by atoms with Crippen LogP contribution in [-0.4, -0.2) is 0 Å². The molecule has 0 bridgehead atoms. The Balaban J connectivity index is 3.53. The molecule has 1 rings (SSSR count). The Kier molecular flexibility index (Phi) is 3.71. The molecule has 0 aromatic heterocycles. The van der Waals surface area contributed by atoms with E-state index in [4.69, 9.17) is 5.73 Å². The predicted octanol–water partition coefficient (Wildman–Crippen LogP) is 4.85. The molecule has 0 aliphatic rings. The maximum atomic E-state index is 5.93.